The molecule has 3 aromatic rings. The number of benzene rings is 2. The number of para-hydroxylation sites is 1. The van der Waals surface area contributed by atoms with Crippen molar-refractivity contribution in [2.24, 2.45) is 5.73 Å². The smallest absolute Gasteiger partial charge is 0.222 e. The van der Waals surface area contributed by atoms with Gasteiger partial charge in [0.2, 0.25) is 5.91 Å². The van der Waals surface area contributed by atoms with E-state index in [0.717, 1.165) is 29.9 Å². The van der Waals surface area contributed by atoms with E-state index in [9.17, 15) is 4.79 Å². The van der Waals surface area contributed by atoms with Crippen molar-refractivity contribution in [1.29, 1.82) is 0 Å². The molecule has 0 saturated carbocycles. The van der Waals surface area contributed by atoms with Crippen molar-refractivity contribution >= 4 is 27.5 Å². The first-order valence-electron chi connectivity index (χ1n) is 9.13. The zero-order chi connectivity index (χ0) is 17.9. The van der Waals surface area contributed by atoms with Gasteiger partial charge in [0, 0.05) is 31.5 Å². The number of aryl methyl sites for hydroxylation is 1. The van der Waals surface area contributed by atoms with Gasteiger partial charge in [0.05, 0.1) is 15.2 Å². The normalized spacial score (nSPS) is 20.0. The highest BCUT2D eigenvalue weighted by molar-refractivity contribution is 7.18. The number of amides is 1. The van der Waals surface area contributed by atoms with Crippen molar-refractivity contribution in [2.75, 3.05) is 13.1 Å². The van der Waals surface area contributed by atoms with Crippen LogP contribution in [0.3, 0.4) is 0 Å². The molecule has 0 radical (unpaired) electrons. The van der Waals surface area contributed by atoms with Crippen LogP contribution in [-0.4, -0.2) is 34.9 Å². The molecule has 2 N–H and O–H groups in total. The summed E-state index contributed by atoms with van der Waals surface area (Å²) < 4.78 is 1.21. The molecule has 134 valence electrons. The minimum Gasteiger partial charge on any atom is -0.340 e. The number of carbonyl (C=O) groups excluding carboxylic acids is 1. The number of nitrogens with two attached hydrogens (primary N) is 1. The molecule has 5 heteroatoms. The number of hydrogen-bond donors (Lipinski definition) is 1. The summed E-state index contributed by atoms with van der Waals surface area (Å²) >= 11 is 1.72. The van der Waals surface area contributed by atoms with Crippen LogP contribution in [0.25, 0.3) is 10.2 Å². The van der Waals surface area contributed by atoms with Gasteiger partial charge in [-0.25, -0.2) is 4.98 Å². The standard InChI is InChI=1S/C21H23N3OS/c22-17-14-24(13-16(17)15-7-2-1-3-8-15)21(25)12-6-11-20-23-18-9-4-5-10-19(18)26-20/h1-5,7-10,16-17H,6,11-14,22H2/t16-,17+/m0/s1. The third kappa shape index (κ3) is 3.64. The van der Waals surface area contributed by atoms with Gasteiger partial charge in [0.1, 0.15) is 0 Å². The molecule has 4 nitrogen and oxygen atoms in total. The van der Waals surface area contributed by atoms with Gasteiger partial charge in [-0.05, 0) is 30.5 Å². The van der Waals surface area contributed by atoms with Crippen LogP contribution < -0.4 is 5.73 Å². The molecule has 1 aromatic heterocycles. The molecule has 0 aliphatic carbocycles. The number of likely N-dealkylation sites (tertiary alicyclic amines) is 1. The van der Waals surface area contributed by atoms with Crippen molar-refractivity contribution in [2.45, 2.75) is 31.2 Å². The summed E-state index contributed by atoms with van der Waals surface area (Å²) in [6.07, 6.45) is 2.25. The maximum absolute atomic E-state index is 12.6. The Hall–Kier alpha value is -2.24. The van der Waals surface area contributed by atoms with Gasteiger partial charge in [0.25, 0.3) is 0 Å². The van der Waals surface area contributed by atoms with Crippen molar-refractivity contribution in [3.8, 4) is 0 Å². The molecule has 1 aliphatic rings. The summed E-state index contributed by atoms with van der Waals surface area (Å²) in [7, 11) is 0. The van der Waals surface area contributed by atoms with Gasteiger partial charge < -0.3 is 10.6 Å². The lowest BCUT2D eigenvalue weighted by atomic mass is 9.95. The topological polar surface area (TPSA) is 59.2 Å². The van der Waals surface area contributed by atoms with E-state index in [4.69, 9.17) is 5.73 Å². The quantitative estimate of drug-likeness (QED) is 0.752. The van der Waals surface area contributed by atoms with Crippen LogP contribution in [0.1, 0.15) is 29.3 Å². The third-order valence-corrected chi connectivity index (χ3v) is 6.16. The number of rotatable bonds is 5. The number of nitrogens with zero attached hydrogens (tertiary/aromatic N) is 2. The summed E-state index contributed by atoms with van der Waals surface area (Å²) in [6, 6.07) is 18.5. The molecular weight excluding hydrogens is 342 g/mol. The minimum atomic E-state index is 0.0191. The predicted molar refractivity (Wildman–Crippen MR) is 106 cm³/mol. The van der Waals surface area contributed by atoms with Crippen LogP contribution in [0.4, 0.5) is 0 Å². The molecule has 1 saturated heterocycles. The van der Waals surface area contributed by atoms with Crippen LogP contribution >= 0.6 is 11.3 Å². The van der Waals surface area contributed by atoms with Crippen LogP contribution in [-0.2, 0) is 11.2 Å². The van der Waals surface area contributed by atoms with E-state index in [-0.39, 0.29) is 17.9 Å². The van der Waals surface area contributed by atoms with Crippen molar-refractivity contribution in [1.82, 2.24) is 9.88 Å². The molecule has 26 heavy (non-hydrogen) atoms. The molecule has 1 amide bonds. The Bertz CT molecular complexity index is 859. The largest absolute Gasteiger partial charge is 0.340 e. The molecule has 2 aromatic carbocycles. The van der Waals surface area contributed by atoms with E-state index in [1.807, 2.05) is 41.3 Å². The highest BCUT2D eigenvalue weighted by Crippen LogP contribution is 2.27. The molecule has 2 heterocycles. The van der Waals surface area contributed by atoms with Crippen molar-refractivity contribution in [3.05, 3.63) is 65.2 Å². The SMILES string of the molecule is N[C@@H]1CN(C(=O)CCCc2nc3ccccc3s2)C[C@H]1c1ccccc1. The van der Waals surface area contributed by atoms with Crippen LogP contribution in [0.2, 0.25) is 0 Å². The first-order valence-corrected chi connectivity index (χ1v) is 9.95. The van der Waals surface area contributed by atoms with E-state index >= 15 is 0 Å². The van der Waals surface area contributed by atoms with Crippen molar-refractivity contribution in [3.63, 3.8) is 0 Å². The lowest BCUT2D eigenvalue weighted by molar-refractivity contribution is -0.130. The van der Waals surface area contributed by atoms with E-state index in [2.05, 4.69) is 23.2 Å². The molecule has 2 atom stereocenters. The lowest BCUT2D eigenvalue weighted by Crippen LogP contribution is -2.32. The van der Waals surface area contributed by atoms with E-state index in [1.54, 1.807) is 11.3 Å². The van der Waals surface area contributed by atoms with Gasteiger partial charge in [0.15, 0.2) is 0 Å². The fraction of sp³-hybridized carbons (Fsp3) is 0.333. The van der Waals surface area contributed by atoms with Gasteiger partial charge in [-0.1, -0.05) is 42.5 Å². The average molecular weight is 366 g/mol. The maximum atomic E-state index is 12.6. The summed E-state index contributed by atoms with van der Waals surface area (Å²) in [6.45, 7) is 1.38. The number of thiazole rings is 1. The minimum absolute atomic E-state index is 0.0191. The van der Waals surface area contributed by atoms with E-state index in [1.165, 1.54) is 10.3 Å². The molecule has 0 unspecified atom stereocenters. The second-order valence-corrected chi connectivity index (χ2v) is 8.02. The Morgan fingerprint density at radius 1 is 1.12 bits per heavy atom. The highest BCUT2D eigenvalue weighted by atomic mass is 32.1. The summed E-state index contributed by atoms with van der Waals surface area (Å²) in [4.78, 5) is 19.2. The summed E-state index contributed by atoms with van der Waals surface area (Å²) in [5.74, 6) is 0.449. The van der Waals surface area contributed by atoms with Crippen LogP contribution in [0.15, 0.2) is 54.6 Å². The molecule has 0 spiro atoms. The Balaban J connectivity index is 1.31. The van der Waals surface area contributed by atoms with Gasteiger partial charge in [-0.2, -0.15) is 0 Å². The van der Waals surface area contributed by atoms with Gasteiger partial charge >= 0.3 is 0 Å². The maximum Gasteiger partial charge on any atom is 0.222 e. The monoisotopic (exact) mass is 365 g/mol. The number of aromatic nitrogens is 1. The van der Waals surface area contributed by atoms with Gasteiger partial charge in [-0.3, -0.25) is 4.79 Å². The third-order valence-electron chi connectivity index (χ3n) is 5.07. The summed E-state index contributed by atoms with van der Waals surface area (Å²) in [5, 5.41) is 1.11. The Morgan fingerprint density at radius 3 is 2.69 bits per heavy atom. The van der Waals surface area contributed by atoms with E-state index < -0.39 is 0 Å². The molecule has 4 rings (SSSR count). The average Bonchev–Trinajstić information content (AvgIpc) is 3.25. The number of fused-ring (bicyclic) bond motifs is 1. The first kappa shape index (κ1) is 17.2. The second kappa shape index (κ2) is 7.56. The number of hydrogen-bond acceptors (Lipinski definition) is 4. The van der Waals surface area contributed by atoms with E-state index in [0.29, 0.717) is 13.0 Å². The Morgan fingerprint density at radius 2 is 1.88 bits per heavy atom. The molecule has 1 fully saturated rings. The second-order valence-electron chi connectivity index (χ2n) is 6.91. The Kier molecular flexibility index (Phi) is 5.00. The zero-order valence-electron chi connectivity index (χ0n) is 14.7. The predicted octanol–water partition coefficient (Wildman–Crippen LogP) is 3.57. The number of carbonyl (C=O) groups is 1. The summed E-state index contributed by atoms with van der Waals surface area (Å²) in [5.41, 5.74) is 8.58. The molecule has 1 aliphatic heterocycles. The van der Waals surface area contributed by atoms with Gasteiger partial charge in [-0.15, -0.1) is 11.3 Å². The fourth-order valence-corrected chi connectivity index (χ4v) is 4.67. The zero-order valence-corrected chi connectivity index (χ0v) is 15.5. The fourth-order valence-electron chi connectivity index (χ4n) is 3.66. The first-order chi connectivity index (χ1) is 12.7. The molecular formula is C21H23N3OS. The van der Waals surface area contributed by atoms with Crippen molar-refractivity contribution < 1.29 is 4.79 Å². The highest BCUT2D eigenvalue weighted by Gasteiger charge is 2.33. The molecule has 0 bridgehead atoms. The Labute approximate surface area is 157 Å². The lowest BCUT2D eigenvalue weighted by Gasteiger charge is -2.16. The van der Waals surface area contributed by atoms with Crippen LogP contribution in [0, 0.1) is 0 Å². The van der Waals surface area contributed by atoms with Crippen LogP contribution in [0.5, 0.6) is 0 Å².